The topological polar surface area (TPSA) is 75.7 Å². The lowest BCUT2D eigenvalue weighted by Crippen LogP contribution is -2.55. The summed E-state index contributed by atoms with van der Waals surface area (Å²) in [6.07, 6.45) is 1.35. The molecule has 3 rings (SSSR count). The summed E-state index contributed by atoms with van der Waals surface area (Å²) < 4.78 is 5.15. The number of nitrogens with zero attached hydrogens (tertiary/aromatic N) is 1. The van der Waals surface area contributed by atoms with E-state index >= 15 is 0 Å². The van der Waals surface area contributed by atoms with Crippen LogP contribution in [0.1, 0.15) is 28.8 Å². The Morgan fingerprint density at radius 1 is 1.24 bits per heavy atom. The van der Waals surface area contributed by atoms with E-state index in [1.165, 1.54) is 0 Å². The number of nitrogens with one attached hydrogen (secondary N) is 1. The number of hydrogen-bond donors (Lipinski definition) is 1. The summed E-state index contributed by atoms with van der Waals surface area (Å²) in [5, 5.41) is 2.30. The fourth-order valence-electron chi connectivity index (χ4n) is 2.87. The van der Waals surface area contributed by atoms with Crippen molar-refractivity contribution >= 4 is 17.7 Å². The number of hydrogen-bond acceptors (Lipinski definition) is 4. The number of fused-ring (bicyclic) bond motifs is 1. The maximum atomic E-state index is 12.6. The van der Waals surface area contributed by atoms with Crippen LogP contribution in [-0.2, 0) is 16.0 Å². The molecule has 1 saturated heterocycles. The molecule has 1 aromatic carbocycles. The monoisotopic (exact) mass is 288 g/mol. The number of benzene rings is 1. The first-order chi connectivity index (χ1) is 10.1. The van der Waals surface area contributed by atoms with Gasteiger partial charge in [0, 0.05) is 18.5 Å². The van der Waals surface area contributed by atoms with Crippen molar-refractivity contribution < 1.29 is 19.1 Å². The summed E-state index contributed by atoms with van der Waals surface area (Å²) in [5.74, 6) is -0.217. The number of rotatable bonds is 2. The minimum absolute atomic E-state index is 0.176. The summed E-state index contributed by atoms with van der Waals surface area (Å²) in [4.78, 5) is 37.3. The summed E-state index contributed by atoms with van der Waals surface area (Å²) in [6.45, 7) is 0.491. The number of amides is 3. The third-order valence-corrected chi connectivity index (χ3v) is 4.02. The number of imide groups is 1. The van der Waals surface area contributed by atoms with E-state index in [-0.39, 0.29) is 24.1 Å². The summed E-state index contributed by atoms with van der Waals surface area (Å²) in [7, 11) is 1.55. The average molecular weight is 288 g/mol. The van der Waals surface area contributed by atoms with Crippen molar-refractivity contribution in [3.63, 3.8) is 0 Å². The molecule has 1 fully saturated rings. The molecule has 6 heteroatoms. The maximum Gasteiger partial charge on any atom is 0.254 e. The summed E-state index contributed by atoms with van der Waals surface area (Å²) in [5.41, 5.74) is 1.54. The predicted octanol–water partition coefficient (Wildman–Crippen LogP) is 0.499. The van der Waals surface area contributed by atoms with E-state index in [4.69, 9.17) is 4.74 Å². The van der Waals surface area contributed by atoms with Crippen LogP contribution in [0.15, 0.2) is 18.2 Å². The van der Waals surface area contributed by atoms with Gasteiger partial charge in [0.25, 0.3) is 5.91 Å². The van der Waals surface area contributed by atoms with Crippen molar-refractivity contribution in [2.45, 2.75) is 25.3 Å². The van der Waals surface area contributed by atoms with Gasteiger partial charge in [-0.05, 0) is 30.5 Å². The molecule has 1 N–H and O–H groups in total. The number of carbonyl (C=O) groups excluding carboxylic acids is 3. The van der Waals surface area contributed by atoms with Crippen molar-refractivity contribution in [3.05, 3.63) is 29.3 Å². The summed E-state index contributed by atoms with van der Waals surface area (Å²) in [6, 6.07) is 4.85. The first-order valence-corrected chi connectivity index (χ1v) is 6.91. The van der Waals surface area contributed by atoms with Crippen LogP contribution < -0.4 is 10.1 Å². The molecule has 1 unspecified atom stereocenters. The van der Waals surface area contributed by atoms with Gasteiger partial charge in [-0.3, -0.25) is 19.7 Å². The quantitative estimate of drug-likeness (QED) is 0.804. The Balaban J connectivity index is 1.88. The molecule has 2 aliphatic rings. The average Bonchev–Trinajstić information content (AvgIpc) is 2.48. The van der Waals surface area contributed by atoms with Crippen molar-refractivity contribution in [3.8, 4) is 5.75 Å². The molecule has 0 aromatic heterocycles. The minimum Gasteiger partial charge on any atom is -0.497 e. The Hall–Kier alpha value is -2.37. The highest BCUT2D eigenvalue weighted by Crippen LogP contribution is 2.26. The Morgan fingerprint density at radius 2 is 2.05 bits per heavy atom. The molecule has 2 heterocycles. The molecule has 6 nitrogen and oxygen atoms in total. The van der Waals surface area contributed by atoms with Gasteiger partial charge in [-0.1, -0.05) is 6.07 Å². The van der Waals surface area contributed by atoms with Gasteiger partial charge in [0.05, 0.1) is 7.11 Å². The van der Waals surface area contributed by atoms with Crippen LogP contribution in [0, 0.1) is 0 Å². The Morgan fingerprint density at radius 3 is 2.76 bits per heavy atom. The van der Waals surface area contributed by atoms with E-state index in [2.05, 4.69) is 5.32 Å². The Kier molecular flexibility index (Phi) is 3.37. The molecule has 0 bridgehead atoms. The molecule has 0 aliphatic carbocycles. The molecule has 0 spiro atoms. The smallest absolute Gasteiger partial charge is 0.254 e. The van der Waals surface area contributed by atoms with E-state index in [1.54, 1.807) is 18.1 Å². The van der Waals surface area contributed by atoms with Crippen LogP contribution >= 0.6 is 0 Å². The molecule has 21 heavy (non-hydrogen) atoms. The molecule has 2 aliphatic heterocycles. The second-order valence-electron chi connectivity index (χ2n) is 5.24. The van der Waals surface area contributed by atoms with E-state index in [1.807, 2.05) is 12.1 Å². The number of ether oxygens (including phenoxy) is 1. The highest BCUT2D eigenvalue weighted by atomic mass is 16.5. The number of methoxy groups -OCH3 is 1. The SMILES string of the molecule is COc1ccc2c(c1)C(=O)N(C1CCC(=O)NC1=O)CC2. The zero-order chi connectivity index (χ0) is 15.0. The normalized spacial score (nSPS) is 21.9. The lowest BCUT2D eigenvalue weighted by Gasteiger charge is -2.36. The zero-order valence-corrected chi connectivity index (χ0v) is 11.7. The first-order valence-electron chi connectivity index (χ1n) is 6.91. The standard InChI is InChI=1S/C15H16N2O4/c1-21-10-3-2-9-6-7-17(15(20)11(9)8-10)12-4-5-13(18)16-14(12)19/h2-3,8,12H,4-7H2,1H3,(H,16,18,19). The van der Waals surface area contributed by atoms with Crippen LogP contribution in [-0.4, -0.2) is 42.3 Å². The fourth-order valence-corrected chi connectivity index (χ4v) is 2.87. The van der Waals surface area contributed by atoms with Crippen molar-refractivity contribution in [1.29, 1.82) is 0 Å². The van der Waals surface area contributed by atoms with Crippen LogP contribution in [0.5, 0.6) is 5.75 Å². The molecule has 3 amide bonds. The van der Waals surface area contributed by atoms with Gasteiger partial charge in [-0.25, -0.2) is 0 Å². The first kappa shape index (κ1) is 13.6. The third kappa shape index (κ3) is 2.37. The molecule has 0 radical (unpaired) electrons. The lowest BCUT2D eigenvalue weighted by molar-refractivity contribution is -0.136. The predicted molar refractivity (Wildman–Crippen MR) is 73.9 cm³/mol. The van der Waals surface area contributed by atoms with Crippen molar-refractivity contribution in [2.24, 2.45) is 0 Å². The van der Waals surface area contributed by atoms with Gasteiger partial charge in [0.1, 0.15) is 11.8 Å². The maximum absolute atomic E-state index is 12.6. The highest BCUT2D eigenvalue weighted by Gasteiger charge is 2.37. The van der Waals surface area contributed by atoms with Crippen molar-refractivity contribution in [2.75, 3.05) is 13.7 Å². The second kappa shape index (κ2) is 5.20. The van der Waals surface area contributed by atoms with Crippen molar-refractivity contribution in [1.82, 2.24) is 10.2 Å². The largest absolute Gasteiger partial charge is 0.497 e. The minimum atomic E-state index is -0.561. The molecular formula is C15H16N2O4. The van der Waals surface area contributed by atoms with Gasteiger partial charge in [-0.2, -0.15) is 0 Å². The van der Waals surface area contributed by atoms with Crippen LogP contribution in [0.2, 0.25) is 0 Å². The van der Waals surface area contributed by atoms with Crippen LogP contribution in [0.3, 0.4) is 0 Å². The molecule has 0 saturated carbocycles. The van der Waals surface area contributed by atoms with E-state index < -0.39 is 6.04 Å². The molecule has 110 valence electrons. The van der Waals surface area contributed by atoms with E-state index in [0.717, 1.165) is 5.56 Å². The van der Waals surface area contributed by atoms with Gasteiger partial charge in [-0.15, -0.1) is 0 Å². The molecule has 1 atom stereocenters. The zero-order valence-electron chi connectivity index (χ0n) is 11.7. The number of carbonyl (C=O) groups is 3. The highest BCUT2D eigenvalue weighted by molar-refractivity contribution is 6.04. The fraction of sp³-hybridized carbons (Fsp3) is 0.400. The Bertz CT molecular complexity index is 626. The van der Waals surface area contributed by atoms with Gasteiger partial charge in [0.15, 0.2) is 0 Å². The lowest BCUT2D eigenvalue weighted by atomic mass is 9.95. The molecule has 1 aromatic rings. The van der Waals surface area contributed by atoms with Crippen LogP contribution in [0.4, 0.5) is 0 Å². The van der Waals surface area contributed by atoms with Gasteiger partial charge >= 0.3 is 0 Å². The van der Waals surface area contributed by atoms with Crippen LogP contribution in [0.25, 0.3) is 0 Å². The number of piperidine rings is 1. The Labute approximate surface area is 122 Å². The second-order valence-corrected chi connectivity index (χ2v) is 5.24. The third-order valence-electron chi connectivity index (χ3n) is 4.02. The summed E-state index contributed by atoms with van der Waals surface area (Å²) >= 11 is 0. The van der Waals surface area contributed by atoms with E-state index in [0.29, 0.717) is 30.7 Å². The van der Waals surface area contributed by atoms with E-state index in [9.17, 15) is 14.4 Å². The van der Waals surface area contributed by atoms with Gasteiger partial charge < -0.3 is 9.64 Å². The van der Waals surface area contributed by atoms with Gasteiger partial charge in [0.2, 0.25) is 11.8 Å². The molecular weight excluding hydrogens is 272 g/mol.